The topological polar surface area (TPSA) is 58.1 Å². The molecule has 0 spiro atoms. The van der Waals surface area contributed by atoms with Crippen LogP contribution >= 0.6 is 0 Å². The number of nitrogens with zero attached hydrogens (tertiary/aromatic N) is 2. The van der Waals surface area contributed by atoms with Crippen molar-refractivity contribution in [3.8, 4) is 11.5 Å². The Hall–Kier alpha value is -1.95. The molecule has 2 N–H and O–H groups in total. The van der Waals surface area contributed by atoms with Crippen molar-refractivity contribution in [1.82, 2.24) is 15.5 Å². The van der Waals surface area contributed by atoms with Gasteiger partial charge in [0.05, 0.1) is 0 Å². The molecule has 1 saturated heterocycles. The Morgan fingerprint density at radius 1 is 1.15 bits per heavy atom. The molecule has 0 atom stereocenters. The second-order valence-electron chi connectivity index (χ2n) is 7.29. The first-order valence-corrected chi connectivity index (χ1v) is 10.4. The Morgan fingerprint density at radius 2 is 1.96 bits per heavy atom. The van der Waals surface area contributed by atoms with Gasteiger partial charge in [0.1, 0.15) is 0 Å². The highest BCUT2D eigenvalue weighted by molar-refractivity contribution is 5.79. The number of aliphatic imine (C=N–C) groups is 1. The van der Waals surface area contributed by atoms with E-state index in [4.69, 9.17) is 14.5 Å². The van der Waals surface area contributed by atoms with E-state index in [9.17, 15) is 0 Å². The van der Waals surface area contributed by atoms with Crippen LogP contribution < -0.4 is 20.1 Å². The number of benzene rings is 1. The molecule has 27 heavy (non-hydrogen) atoms. The fourth-order valence-electron chi connectivity index (χ4n) is 3.71. The lowest BCUT2D eigenvalue weighted by Crippen LogP contribution is -2.38. The third-order valence-corrected chi connectivity index (χ3v) is 5.45. The van der Waals surface area contributed by atoms with E-state index in [0.717, 1.165) is 49.4 Å². The van der Waals surface area contributed by atoms with Crippen LogP contribution in [-0.2, 0) is 6.42 Å². The maximum atomic E-state index is 5.45. The molecule has 3 rings (SSSR count). The van der Waals surface area contributed by atoms with Crippen LogP contribution in [-0.4, -0.2) is 56.9 Å². The molecule has 2 heterocycles. The highest BCUT2D eigenvalue weighted by Gasteiger charge is 2.17. The molecule has 2 aliphatic rings. The summed E-state index contributed by atoms with van der Waals surface area (Å²) in [4.78, 5) is 7.32. The van der Waals surface area contributed by atoms with E-state index >= 15 is 0 Å². The smallest absolute Gasteiger partial charge is 0.231 e. The van der Waals surface area contributed by atoms with Crippen molar-refractivity contribution >= 4 is 5.96 Å². The Morgan fingerprint density at radius 3 is 2.74 bits per heavy atom. The van der Waals surface area contributed by atoms with Gasteiger partial charge in [0.2, 0.25) is 6.79 Å². The average Bonchev–Trinajstić information content (AvgIpc) is 3.16. The molecule has 0 amide bonds. The van der Waals surface area contributed by atoms with Gasteiger partial charge in [0.15, 0.2) is 17.5 Å². The predicted octanol–water partition coefficient (Wildman–Crippen LogP) is 2.63. The van der Waals surface area contributed by atoms with Crippen LogP contribution in [0.25, 0.3) is 0 Å². The first-order chi connectivity index (χ1) is 13.3. The Balaban J connectivity index is 1.39. The zero-order valence-corrected chi connectivity index (χ0v) is 16.8. The van der Waals surface area contributed by atoms with E-state index in [1.54, 1.807) is 0 Å². The third kappa shape index (κ3) is 6.03. The number of rotatable bonds is 8. The summed E-state index contributed by atoms with van der Waals surface area (Å²) >= 11 is 0. The highest BCUT2D eigenvalue weighted by atomic mass is 16.7. The van der Waals surface area contributed by atoms with Crippen LogP contribution in [0.2, 0.25) is 0 Å². The van der Waals surface area contributed by atoms with Crippen LogP contribution in [0, 0.1) is 5.92 Å². The van der Waals surface area contributed by atoms with E-state index in [2.05, 4.69) is 41.5 Å². The van der Waals surface area contributed by atoms with E-state index in [-0.39, 0.29) is 0 Å². The van der Waals surface area contributed by atoms with E-state index in [1.165, 1.54) is 44.5 Å². The van der Waals surface area contributed by atoms with Gasteiger partial charge in [-0.3, -0.25) is 4.99 Å². The summed E-state index contributed by atoms with van der Waals surface area (Å²) < 4.78 is 10.8. The van der Waals surface area contributed by atoms with Gasteiger partial charge in [0, 0.05) is 19.6 Å². The molecule has 0 bridgehead atoms. The maximum Gasteiger partial charge on any atom is 0.231 e. The summed E-state index contributed by atoms with van der Waals surface area (Å²) in [6.45, 7) is 11.0. The van der Waals surface area contributed by atoms with Crippen LogP contribution in [0.5, 0.6) is 11.5 Å². The lowest BCUT2D eigenvalue weighted by Gasteiger charge is -2.30. The average molecular weight is 375 g/mol. The normalized spacial score (nSPS) is 17.9. The monoisotopic (exact) mass is 374 g/mol. The molecule has 6 nitrogen and oxygen atoms in total. The molecule has 150 valence electrons. The fraction of sp³-hybridized carbons (Fsp3) is 0.667. The Bertz CT molecular complexity index is 612. The second kappa shape index (κ2) is 10.4. The molecule has 0 aliphatic carbocycles. The Kier molecular flexibility index (Phi) is 7.63. The minimum atomic E-state index is 0.325. The largest absolute Gasteiger partial charge is 0.454 e. The van der Waals surface area contributed by atoms with Crippen LogP contribution in [0.3, 0.4) is 0 Å². The molecule has 0 unspecified atom stereocenters. The molecule has 2 aliphatic heterocycles. The first kappa shape index (κ1) is 19.8. The summed E-state index contributed by atoms with van der Waals surface area (Å²) in [7, 11) is 0. The van der Waals surface area contributed by atoms with Gasteiger partial charge in [-0.2, -0.15) is 0 Å². The van der Waals surface area contributed by atoms with Gasteiger partial charge in [-0.1, -0.05) is 13.0 Å². The molecule has 1 aromatic carbocycles. The summed E-state index contributed by atoms with van der Waals surface area (Å²) in [5.41, 5.74) is 1.24. The maximum absolute atomic E-state index is 5.45. The van der Waals surface area contributed by atoms with Crippen LogP contribution in [0.4, 0.5) is 0 Å². The highest BCUT2D eigenvalue weighted by Crippen LogP contribution is 2.32. The molecule has 1 aromatic rings. The number of ether oxygens (including phenoxy) is 2. The summed E-state index contributed by atoms with van der Waals surface area (Å²) in [6.07, 6.45) is 4.75. The number of hydrogen-bond donors (Lipinski definition) is 2. The van der Waals surface area contributed by atoms with Gasteiger partial charge in [0.25, 0.3) is 0 Å². The SMILES string of the molecule is CCNC(=NCCC1CCN(CC)CC1)NCCc1ccc2c(c1)OCO2. The summed E-state index contributed by atoms with van der Waals surface area (Å²) in [5.74, 6) is 3.44. The number of hydrogen-bond acceptors (Lipinski definition) is 4. The number of piperidine rings is 1. The molecule has 0 aromatic heterocycles. The van der Waals surface area contributed by atoms with E-state index in [1.807, 2.05) is 6.07 Å². The summed E-state index contributed by atoms with van der Waals surface area (Å²) in [6, 6.07) is 6.15. The minimum Gasteiger partial charge on any atom is -0.454 e. The number of fused-ring (bicyclic) bond motifs is 1. The number of guanidine groups is 1. The zero-order valence-electron chi connectivity index (χ0n) is 16.8. The zero-order chi connectivity index (χ0) is 18.9. The van der Waals surface area contributed by atoms with E-state index < -0.39 is 0 Å². The van der Waals surface area contributed by atoms with Crippen molar-refractivity contribution in [2.45, 2.75) is 39.5 Å². The predicted molar refractivity (Wildman–Crippen MR) is 110 cm³/mol. The minimum absolute atomic E-state index is 0.325. The number of nitrogens with one attached hydrogen (secondary N) is 2. The Labute approximate surface area is 163 Å². The second-order valence-corrected chi connectivity index (χ2v) is 7.29. The quantitative estimate of drug-likeness (QED) is 0.541. The lowest BCUT2D eigenvalue weighted by atomic mass is 9.94. The van der Waals surface area contributed by atoms with Gasteiger partial charge >= 0.3 is 0 Å². The fourth-order valence-corrected chi connectivity index (χ4v) is 3.71. The lowest BCUT2D eigenvalue weighted by molar-refractivity contribution is 0.174. The molecule has 0 saturated carbocycles. The number of likely N-dealkylation sites (tertiary alicyclic amines) is 1. The van der Waals surface area contributed by atoms with E-state index in [0.29, 0.717) is 6.79 Å². The van der Waals surface area contributed by atoms with Crippen molar-refractivity contribution in [1.29, 1.82) is 0 Å². The van der Waals surface area contributed by atoms with Crippen molar-refractivity contribution in [2.24, 2.45) is 10.9 Å². The van der Waals surface area contributed by atoms with Crippen molar-refractivity contribution in [2.75, 3.05) is 46.1 Å². The van der Waals surface area contributed by atoms with Gasteiger partial charge in [-0.05, 0) is 75.9 Å². The van der Waals surface area contributed by atoms with Crippen LogP contribution in [0.1, 0.15) is 38.7 Å². The van der Waals surface area contributed by atoms with Crippen molar-refractivity contribution in [3.05, 3.63) is 23.8 Å². The molecule has 0 radical (unpaired) electrons. The molecule has 6 heteroatoms. The third-order valence-electron chi connectivity index (χ3n) is 5.45. The van der Waals surface area contributed by atoms with Crippen molar-refractivity contribution in [3.63, 3.8) is 0 Å². The molecular weight excluding hydrogens is 340 g/mol. The van der Waals surface area contributed by atoms with Gasteiger partial charge in [-0.25, -0.2) is 0 Å². The van der Waals surface area contributed by atoms with Crippen molar-refractivity contribution < 1.29 is 9.47 Å². The standard InChI is InChI=1S/C21H34N4O2/c1-3-22-21(23-11-7-17-9-13-25(4-2)14-10-17)24-12-8-18-5-6-19-20(15-18)27-16-26-19/h5-6,15,17H,3-4,7-14,16H2,1-2H3,(H2,22,23,24). The van der Waals surface area contributed by atoms with Crippen LogP contribution in [0.15, 0.2) is 23.2 Å². The summed E-state index contributed by atoms with van der Waals surface area (Å²) in [5, 5.41) is 6.80. The molecular formula is C21H34N4O2. The van der Waals surface area contributed by atoms with Gasteiger partial charge < -0.3 is 25.0 Å². The molecule has 1 fully saturated rings. The first-order valence-electron chi connectivity index (χ1n) is 10.4. The van der Waals surface area contributed by atoms with Gasteiger partial charge in [-0.15, -0.1) is 0 Å².